The number of halogens is 1. The number of piperidine rings is 1. The van der Waals surface area contributed by atoms with Crippen LogP contribution in [0.5, 0.6) is 0 Å². The Bertz CT molecular complexity index is 805. The molecule has 0 aromatic heterocycles. The van der Waals surface area contributed by atoms with Gasteiger partial charge in [-0.05, 0) is 58.6 Å². The second-order valence-electron chi connectivity index (χ2n) is 8.23. The van der Waals surface area contributed by atoms with Crippen molar-refractivity contribution in [1.82, 2.24) is 4.90 Å². The van der Waals surface area contributed by atoms with Crippen LogP contribution in [0.1, 0.15) is 56.5 Å². The zero-order valence-corrected chi connectivity index (χ0v) is 18.3. The summed E-state index contributed by atoms with van der Waals surface area (Å²) >= 11 is 6.33. The lowest BCUT2D eigenvalue weighted by atomic mass is 9.90. The van der Waals surface area contributed by atoms with Crippen LogP contribution in [0.15, 0.2) is 12.1 Å². The molecule has 1 amide bonds. The molecule has 29 heavy (non-hydrogen) atoms. The van der Waals surface area contributed by atoms with Crippen LogP contribution in [0, 0.1) is 17.2 Å². The van der Waals surface area contributed by atoms with Gasteiger partial charge in [-0.25, -0.2) is 9.59 Å². The van der Waals surface area contributed by atoms with E-state index in [0.29, 0.717) is 24.7 Å². The molecule has 0 aliphatic carbocycles. The van der Waals surface area contributed by atoms with Gasteiger partial charge >= 0.3 is 12.1 Å². The number of hydrogen-bond acceptors (Lipinski definition) is 6. The van der Waals surface area contributed by atoms with Gasteiger partial charge in [0.1, 0.15) is 11.7 Å². The Labute approximate surface area is 176 Å². The number of nitrogens with one attached hydrogen (secondary N) is 1. The second kappa shape index (κ2) is 9.36. The van der Waals surface area contributed by atoms with Crippen LogP contribution in [0.2, 0.25) is 5.02 Å². The number of carbonyl (C=O) groups excluding carboxylic acids is 2. The normalized spacial score (nSPS) is 16.0. The standard InChI is InChI=1S/C21H28ClN3O4/c1-13(14-6-8-25(9-7-14)20(27)29-21(2,3)4)24-17-11-15(19(26)28-5)10-16(12-23)18(17)22/h10-11,13-14,24H,6-9H2,1-5H3. The first-order valence-electron chi connectivity index (χ1n) is 9.62. The van der Waals surface area contributed by atoms with Gasteiger partial charge < -0.3 is 19.7 Å². The zero-order valence-electron chi connectivity index (χ0n) is 17.5. The van der Waals surface area contributed by atoms with Gasteiger partial charge in [0.25, 0.3) is 0 Å². The third kappa shape index (κ3) is 6.01. The number of nitrogens with zero attached hydrogens (tertiary/aromatic N) is 2. The zero-order chi connectivity index (χ0) is 21.8. The first-order valence-corrected chi connectivity index (χ1v) is 10.00. The minimum atomic E-state index is -0.528. The van der Waals surface area contributed by atoms with Crippen molar-refractivity contribution >= 4 is 29.4 Å². The van der Waals surface area contributed by atoms with Gasteiger partial charge in [-0.3, -0.25) is 0 Å². The van der Waals surface area contributed by atoms with Gasteiger partial charge in [0.05, 0.1) is 28.9 Å². The lowest BCUT2D eigenvalue weighted by Crippen LogP contribution is -2.44. The molecule has 0 spiro atoms. The molecule has 7 nitrogen and oxygen atoms in total. The fraction of sp³-hybridized carbons (Fsp3) is 0.571. The van der Waals surface area contributed by atoms with E-state index >= 15 is 0 Å². The highest BCUT2D eigenvalue weighted by Gasteiger charge is 2.29. The molecule has 158 valence electrons. The van der Waals surface area contributed by atoms with Crippen molar-refractivity contribution in [2.24, 2.45) is 5.92 Å². The Morgan fingerprint density at radius 1 is 1.31 bits per heavy atom. The van der Waals surface area contributed by atoms with Gasteiger partial charge in [-0.15, -0.1) is 0 Å². The summed E-state index contributed by atoms with van der Waals surface area (Å²) in [5.74, 6) is -0.225. The van der Waals surface area contributed by atoms with E-state index in [4.69, 9.17) is 21.1 Å². The number of likely N-dealkylation sites (tertiary alicyclic amines) is 1. The van der Waals surface area contributed by atoms with Gasteiger partial charge in [0.15, 0.2) is 0 Å². The van der Waals surface area contributed by atoms with Crippen LogP contribution in [-0.4, -0.2) is 48.8 Å². The van der Waals surface area contributed by atoms with Crippen molar-refractivity contribution < 1.29 is 19.1 Å². The first-order chi connectivity index (χ1) is 13.6. The number of carbonyl (C=O) groups is 2. The van der Waals surface area contributed by atoms with Crippen LogP contribution in [-0.2, 0) is 9.47 Å². The Morgan fingerprint density at radius 3 is 2.45 bits per heavy atom. The molecule has 1 N–H and O–H groups in total. The molecule has 1 atom stereocenters. The van der Waals surface area contributed by atoms with E-state index in [-0.39, 0.29) is 28.3 Å². The molecule has 0 saturated carbocycles. The molecule has 1 aliphatic heterocycles. The van der Waals surface area contributed by atoms with Gasteiger partial charge in [-0.2, -0.15) is 5.26 Å². The number of ether oxygens (including phenoxy) is 2. The first kappa shape index (κ1) is 22.8. The predicted octanol–water partition coefficient (Wildman–Crippen LogP) is 4.45. The van der Waals surface area contributed by atoms with E-state index in [0.717, 1.165) is 12.8 Å². The number of amides is 1. The van der Waals surface area contributed by atoms with Crippen LogP contribution in [0.25, 0.3) is 0 Å². The smallest absolute Gasteiger partial charge is 0.410 e. The maximum Gasteiger partial charge on any atom is 0.410 e. The van der Waals surface area contributed by atoms with E-state index in [9.17, 15) is 14.9 Å². The van der Waals surface area contributed by atoms with E-state index < -0.39 is 11.6 Å². The average molecular weight is 422 g/mol. The quantitative estimate of drug-likeness (QED) is 0.722. The minimum Gasteiger partial charge on any atom is -0.465 e. The Kier molecular flexibility index (Phi) is 7.37. The summed E-state index contributed by atoms with van der Waals surface area (Å²) in [5.41, 5.74) is 0.489. The molecule has 1 aromatic rings. The number of methoxy groups -OCH3 is 1. The molecule has 1 heterocycles. The molecular weight excluding hydrogens is 394 g/mol. The minimum absolute atomic E-state index is 0.0349. The summed E-state index contributed by atoms with van der Waals surface area (Å²) in [6.07, 6.45) is 1.34. The summed E-state index contributed by atoms with van der Waals surface area (Å²) in [6, 6.07) is 5.06. The van der Waals surface area contributed by atoms with E-state index in [1.807, 2.05) is 33.8 Å². The molecule has 1 fully saturated rings. The van der Waals surface area contributed by atoms with Gasteiger partial charge in [0.2, 0.25) is 0 Å². The third-order valence-electron chi connectivity index (χ3n) is 4.90. The van der Waals surface area contributed by atoms with Gasteiger partial charge in [0, 0.05) is 19.1 Å². The van der Waals surface area contributed by atoms with Crippen molar-refractivity contribution in [1.29, 1.82) is 5.26 Å². The van der Waals surface area contributed by atoms with Gasteiger partial charge in [-0.1, -0.05) is 11.6 Å². The van der Waals surface area contributed by atoms with Crippen LogP contribution in [0.4, 0.5) is 10.5 Å². The third-order valence-corrected chi connectivity index (χ3v) is 5.30. The number of nitriles is 1. The van der Waals surface area contributed by atoms with E-state index in [2.05, 4.69) is 5.32 Å². The molecule has 1 unspecified atom stereocenters. The van der Waals surface area contributed by atoms with E-state index in [1.165, 1.54) is 13.2 Å². The molecule has 0 radical (unpaired) electrons. The number of hydrogen-bond donors (Lipinski definition) is 1. The molecule has 0 bridgehead atoms. The topological polar surface area (TPSA) is 91.7 Å². The van der Waals surface area contributed by atoms with Crippen molar-refractivity contribution in [3.05, 3.63) is 28.3 Å². The lowest BCUT2D eigenvalue weighted by Gasteiger charge is -2.36. The molecule has 2 rings (SSSR count). The van der Waals surface area contributed by atoms with Crippen molar-refractivity contribution in [2.75, 3.05) is 25.5 Å². The average Bonchev–Trinajstić information content (AvgIpc) is 2.67. The molecule has 1 aromatic carbocycles. The Balaban J connectivity index is 2.05. The van der Waals surface area contributed by atoms with Crippen molar-refractivity contribution in [3.8, 4) is 6.07 Å². The number of rotatable bonds is 4. The molecule has 1 aliphatic rings. The molecule has 1 saturated heterocycles. The summed E-state index contributed by atoms with van der Waals surface area (Å²) < 4.78 is 10.2. The summed E-state index contributed by atoms with van der Waals surface area (Å²) in [5, 5.41) is 12.9. The van der Waals surface area contributed by atoms with Crippen LogP contribution < -0.4 is 5.32 Å². The Morgan fingerprint density at radius 2 is 1.93 bits per heavy atom. The number of anilines is 1. The summed E-state index contributed by atoms with van der Waals surface area (Å²) in [6.45, 7) is 8.82. The number of benzene rings is 1. The Hall–Kier alpha value is -2.46. The maximum atomic E-state index is 12.2. The largest absolute Gasteiger partial charge is 0.465 e. The predicted molar refractivity (Wildman–Crippen MR) is 111 cm³/mol. The van der Waals surface area contributed by atoms with Crippen molar-refractivity contribution in [3.63, 3.8) is 0 Å². The number of esters is 1. The fourth-order valence-corrected chi connectivity index (χ4v) is 3.52. The highest BCUT2D eigenvalue weighted by Crippen LogP contribution is 2.31. The SMILES string of the molecule is COC(=O)c1cc(C#N)c(Cl)c(NC(C)C2CCN(C(=O)OC(C)(C)C)CC2)c1. The summed E-state index contributed by atoms with van der Waals surface area (Å²) in [7, 11) is 1.29. The fourth-order valence-electron chi connectivity index (χ4n) is 3.32. The highest BCUT2D eigenvalue weighted by molar-refractivity contribution is 6.34. The monoisotopic (exact) mass is 421 g/mol. The summed E-state index contributed by atoms with van der Waals surface area (Å²) in [4.78, 5) is 25.8. The highest BCUT2D eigenvalue weighted by atomic mass is 35.5. The van der Waals surface area contributed by atoms with Crippen molar-refractivity contribution in [2.45, 2.75) is 52.2 Å². The maximum absolute atomic E-state index is 12.2. The lowest BCUT2D eigenvalue weighted by molar-refractivity contribution is 0.0179. The van der Waals surface area contributed by atoms with Crippen LogP contribution >= 0.6 is 11.6 Å². The second-order valence-corrected chi connectivity index (χ2v) is 8.60. The van der Waals surface area contributed by atoms with Crippen LogP contribution in [0.3, 0.4) is 0 Å². The van der Waals surface area contributed by atoms with E-state index in [1.54, 1.807) is 11.0 Å². The molecular formula is C21H28ClN3O4. The molecule has 8 heteroatoms.